The molecule has 0 aliphatic rings. The Kier molecular flexibility index (Phi) is 38.1. The molecule has 0 unspecified atom stereocenters. The predicted octanol–water partition coefficient (Wildman–Crippen LogP) is -9.00. The van der Waals surface area contributed by atoms with Crippen LogP contribution in [-0.2, 0) is 63.7 Å². The minimum absolute atomic E-state index is 0. The summed E-state index contributed by atoms with van der Waals surface area (Å²) in [6, 6.07) is 0. The van der Waals surface area contributed by atoms with E-state index < -0.39 is 40.8 Å². The Balaban J connectivity index is -0.0000000277. The maximum atomic E-state index is 8.59. The SMILES string of the molecule is [O]=[Cr](=[O])([O-])[O-].[O]=[Cr](=[O])([O-])[O-].[O]=[Cr](=[O])([O-])[O-].[Sr+2].[Sr+2].[Sr+2]. The van der Waals surface area contributed by atoms with Crippen LogP contribution < -0.4 is 24.9 Å². The second-order valence-electron chi connectivity index (χ2n) is 1.22. The van der Waals surface area contributed by atoms with E-state index >= 15 is 0 Å². The van der Waals surface area contributed by atoms with Gasteiger partial charge in [0.1, 0.15) is 0 Å². The fraction of sp³-hybridized carbons (Fsp3) is 0. The van der Waals surface area contributed by atoms with Gasteiger partial charge in [-0.1, -0.05) is 0 Å². The average Bonchev–Trinajstić information content (AvgIpc) is 1.41. The van der Waals surface area contributed by atoms with Crippen LogP contribution in [0.25, 0.3) is 0 Å². The van der Waals surface area contributed by atoms with Gasteiger partial charge in [0.25, 0.3) is 0 Å². The Labute approximate surface area is 219 Å². The van der Waals surface area contributed by atoms with Gasteiger partial charge in [0.2, 0.25) is 0 Å². The quantitative estimate of drug-likeness (QED) is 0.232. The first-order valence-electron chi connectivity index (χ1n) is 2.00. The zero-order valence-electron chi connectivity index (χ0n) is 8.25. The van der Waals surface area contributed by atoms with Gasteiger partial charge in [0.05, 0.1) is 0 Å². The van der Waals surface area contributed by atoms with Crippen molar-refractivity contribution in [3.63, 3.8) is 0 Å². The summed E-state index contributed by atoms with van der Waals surface area (Å²) in [4.78, 5) is 0. The molecule has 0 aromatic rings. The first kappa shape index (κ1) is 38.3. The van der Waals surface area contributed by atoms with E-state index in [9.17, 15) is 0 Å². The van der Waals surface area contributed by atoms with Gasteiger partial charge in [0, 0.05) is 0 Å². The monoisotopic (exact) mass is 611 g/mol. The molecule has 0 bridgehead atoms. The fourth-order valence-electron chi connectivity index (χ4n) is 0. The molecule has 0 heterocycles. The zero-order valence-corrected chi connectivity index (χ0v) is 22.5. The second kappa shape index (κ2) is 17.9. The van der Waals surface area contributed by atoms with Gasteiger partial charge in [-0.25, -0.2) is 0 Å². The summed E-state index contributed by atoms with van der Waals surface area (Å²) in [5, 5.41) is 0. The Morgan fingerprint density at radius 1 is 0.389 bits per heavy atom. The average molecular weight is 611 g/mol. The number of hydrogen-bond donors (Lipinski definition) is 0. The Bertz CT molecular complexity index is 343. The van der Waals surface area contributed by atoms with Crippen molar-refractivity contribution in [2.75, 3.05) is 0 Å². The third kappa shape index (κ3) is 374. The standard InChI is InChI=1S/3Cr.12O.3Sr/q;;;;;;;;;6*-1;3*+2. The Morgan fingerprint density at radius 3 is 0.389 bits per heavy atom. The van der Waals surface area contributed by atoms with E-state index in [4.69, 9.17) is 47.8 Å². The van der Waals surface area contributed by atoms with Crippen LogP contribution >= 0.6 is 0 Å². The van der Waals surface area contributed by atoms with E-state index in [1.54, 1.807) is 0 Å². The third-order valence-electron chi connectivity index (χ3n) is 0. The smallest absolute Gasteiger partial charge is 2.00 e. The molecular formula is Cr3O12Sr3. The molecule has 0 rings (SSSR count). The summed E-state index contributed by atoms with van der Waals surface area (Å²) in [7, 11) is 0. The predicted molar refractivity (Wildman–Crippen MR) is 21.4 cm³/mol. The molecule has 0 spiro atoms. The van der Waals surface area contributed by atoms with Gasteiger partial charge in [-0.05, 0) is 0 Å². The number of hydrogen-bond acceptors (Lipinski definition) is 12. The Hall–Kier alpha value is 4.60. The summed E-state index contributed by atoms with van der Waals surface area (Å²) in [6.07, 6.45) is 0. The summed E-state index contributed by atoms with van der Waals surface area (Å²) < 4.78 is 103. The van der Waals surface area contributed by atoms with Crippen LogP contribution in [0.2, 0.25) is 0 Å². The van der Waals surface area contributed by atoms with Crippen LogP contribution in [0.4, 0.5) is 0 Å². The second-order valence-corrected chi connectivity index (χ2v) is 5.05. The van der Waals surface area contributed by atoms with E-state index in [-0.39, 0.29) is 136 Å². The summed E-state index contributed by atoms with van der Waals surface area (Å²) in [5.74, 6) is 0. The fourth-order valence-corrected chi connectivity index (χ4v) is 0. The van der Waals surface area contributed by atoms with Crippen LogP contribution in [0.5, 0.6) is 0 Å². The number of rotatable bonds is 0. The maximum absolute atomic E-state index is 8.59. The van der Waals surface area contributed by atoms with E-state index in [1.807, 2.05) is 0 Å². The topological polar surface area (TPSA) is 241 Å². The van der Waals surface area contributed by atoms with Crippen molar-refractivity contribution in [1.82, 2.24) is 0 Å². The zero-order chi connectivity index (χ0) is 13.5. The first-order chi connectivity index (χ1) is 6.00. The molecule has 0 aromatic carbocycles. The van der Waals surface area contributed by atoms with Gasteiger partial charge in [0.15, 0.2) is 0 Å². The van der Waals surface area contributed by atoms with Crippen molar-refractivity contribution < 1.29 is 88.6 Å². The molecule has 0 saturated heterocycles. The van der Waals surface area contributed by atoms with E-state index in [1.165, 1.54) is 0 Å². The molecule has 0 N–H and O–H groups in total. The summed E-state index contributed by atoms with van der Waals surface area (Å²) in [5.41, 5.74) is 0. The largest absolute Gasteiger partial charge is 2.00 e. The van der Waals surface area contributed by atoms with E-state index in [0.717, 1.165) is 0 Å². The van der Waals surface area contributed by atoms with Crippen molar-refractivity contribution in [2.45, 2.75) is 0 Å². The maximum Gasteiger partial charge on any atom is 2.00 e. The van der Waals surface area contributed by atoms with Gasteiger partial charge in [-0.2, -0.15) is 0 Å². The summed E-state index contributed by atoms with van der Waals surface area (Å²) in [6.45, 7) is 0. The third-order valence-corrected chi connectivity index (χ3v) is 0. The molecule has 12 nitrogen and oxygen atoms in total. The molecule has 18 heteroatoms. The van der Waals surface area contributed by atoms with Gasteiger partial charge in [-0.3, -0.25) is 0 Å². The molecule has 0 aliphatic carbocycles. The van der Waals surface area contributed by atoms with Gasteiger partial charge in [-0.15, -0.1) is 0 Å². The van der Waals surface area contributed by atoms with Crippen LogP contribution in [0, 0.1) is 0 Å². The molecule has 18 heavy (non-hydrogen) atoms. The first-order valence-corrected chi connectivity index (χ1v) is 8.25. The van der Waals surface area contributed by atoms with Crippen molar-refractivity contribution in [1.29, 1.82) is 0 Å². The van der Waals surface area contributed by atoms with Crippen molar-refractivity contribution in [3.8, 4) is 0 Å². The van der Waals surface area contributed by atoms with Gasteiger partial charge < -0.3 is 0 Å². The minimum atomic E-state index is -5.75. The van der Waals surface area contributed by atoms with Crippen LogP contribution in [-0.4, -0.2) is 136 Å². The van der Waals surface area contributed by atoms with Crippen LogP contribution in [0.1, 0.15) is 0 Å². The van der Waals surface area contributed by atoms with Crippen molar-refractivity contribution >= 4 is 136 Å². The van der Waals surface area contributed by atoms with Gasteiger partial charge >= 0.3 is 225 Å². The molecule has 0 radical (unpaired) electrons. The molecule has 0 saturated carbocycles. The molecule has 96 valence electrons. The molecular weight excluding hydrogens is 611 g/mol. The normalized spacial score (nSPS) is 9.67. The van der Waals surface area contributed by atoms with E-state index in [2.05, 4.69) is 0 Å². The molecule has 0 amide bonds. The minimum Gasteiger partial charge on any atom is 2.00 e. The Morgan fingerprint density at radius 2 is 0.389 bits per heavy atom. The molecule has 0 fully saturated rings. The van der Waals surface area contributed by atoms with Crippen molar-refractivity contribution in [3.05, 3.63) is 0 Å². The van der Waals surface area contributed by atoms with E-state index in [0.29, 0.717) is 0 Å². The van der Waals surface area contributed by atoms with Crippen molar-refractivity contribution in [2.24, 2.45) is 0 Å². The summed E-state index contributed by atoms with van der Waals surface area (Å²) >= 11 is -17.2. The molecule has 0 atom stereocenters. The van der Waals surface area contributed by atoms with Crippen LogP contribution in [0.15, 0.2) is 0 Å². The van der Waals surface area contributed by atoms with Crippen LogP contribution in [0.3, 0.4) is 0 Å². The molecule has 0 aromatic heterocycles. The molecule has 0 aliphatic heterocycles.